The summed E-state index contributed by atoms with van der Waals surface area (Å²) in [6.07, 6.45) is 7.31. The molecule has 1 heterocycles. The first-order valence-electron chi connectivity index (χ1n) is 6.22. The summed E-state index contributed by atoms with van der Waals surface area (Å²) >= 11 is 0. The lowest BCUT2D eigenvalue weighted by Gasteiger charge is -2.31. The van der Waals surface area contributed by atoms with Crippen molar-refractivity contribution >= 4 is 0 Å². The molecule has 1 saturated heterocycles. The standard InChI is InChI=1S/C12H24N2/c1-12(4-2-3-5-12)6-9-14-10-7-13-8-11-14/h13H,2-11H2,1H3. The molecule has 1 aliphatic heterocycles. The molecule has 2 nitrogen and oxygen atoms in total. The summed E-state index contributed by atoms with van der Waals surface area (Å²) in [5, 5.41) is 3.41. The predicted octanol–water partition coefficient (Wildman–Crippen LogP) is 1.86. The quantitative estimate of drug-likeness (QED) is 0.741. The highest BCUT2D eigenvalue weighted by atomic mass is 15.2. The summed E-state index contributed by atoms with van der Waals surface area (Å²) in [5.74, 6) is 0. The third kappa shape index (κ3) is 2.71. The average molecular weight is 196 g/mol. The topological polar surface area (TPSA) is 15.3 Å². The van der Waals surface area contributed by atoms with Crippen LogP contribution in [0.2, 0.25) is 0 Å². The van der Waals surface area contributed by atoms with Crippen LogP contribution in [0.4, 0.5) is 0 Å². The Kier molecular flexibility index (Phi) is 3.45. The zero-order valence-corrected chi connectivity index (χ0v) is 9.52. The maximum absolute atomic E-state index is 3.41. The average Bonchev–Trinajstić information content (AvgIpc) is 2.65. The van der Waals surface area contributed by atoms with Gasteiger partial charge in [0.15, 0.2) is 0 Å². The Morgan fingerprint density at radius 3 is 2.43 bits per heavy atom. The molecule has 0 spiro atoms. The lowest BCUT2D eigenvalue weighted by Crippen LogP contribution is -2.44. The molecular weight excluding hydrogens is 172 g/mol. The number of nitrogens with one attached hydrogen (secondary N) is 1. The Balaban J connectivity index is 1.70. The van der Waals surface area contributed by atoms with Gasteiger partial charge in [-0.05, 0) is 31.2 Å². The molecule has 0 aromatic carbocycles. The lowest BCUT2D eigenvalue weighted by molar-refractivity contribution is 0.191. The Morgan fingerprint density at radius 2 is 1.79 bits per heavy atom. The fraction of sp³-hybridized carbons (Fsp3) is 1.00. The van der Waals surface area contributed by atoms with Crippen LogP contribution in [0.3, 0.4) is 0 Å². The van der Waals surface area contributed by atoms with E-state index in [1.807, 2.05) is 0 Å². The molecule has 0 amide bonds. The molecule has 14 heavy (non-hydrogen) atoms. The van der Waals surface area contributed by atoms with Gasteiger partial charge in [-0.2, -0.15) is 0 Å². The second-order valence-corrected chi connectivity index (χ2v) is 5.36. The first-order valence-corrected chi connectivity index (χ1v) is 6.22. The molecule has 0 aromatic heterocycles. The molecule has 2 aliphatic rings. The van der Waals surface area contributed by atoms with Crippen LogP contribution in [-0.2, 0) is 0 Å². The van der Waals surface area contributed by atoms with Crippen LogP contribution in [0.1, 0.15) is 39.0 Å². The van der Waals surface area contributed by atoms with Gasteiger partial charge in [-0.25, -0.2) is 0 Å². The summed E-state index contributed by atoms with van der Waals surface area (Å²) in [6.45, 7) is 8.72. The minimum absolute atomic E-state index is 0.685. The van der Waals surface area contributed by atoms with E-state index in [1.165, 1.54) is 64.8 Å². The fourth-order valence-electron chi connectivity index (χ4n) is 2.84. The van der Waals surface area contributed by atoms with Gasteiger partial charge in [0.05, 0.1) is 0 Å². The van der Waals surface area contributed by atoms with E-state index in [1.54, 1.807) is 0 Å². The van der Waals surface area contributed by atoms with Crippen LogP contribution < -0.4 is 5.32 Å². The van der Waals surface area contributed by atoms with E-state index in [4.69, 9.17) is 0 Å². The van der Waals surface area contributed by atoms with Crippen molar-refractivity contribution in [2.24, 2.45) is 5.41 Å². The summed E-state index contributed by atoms with van der Waals surface area (Å²) in [4.78, 5) is 2.63. The van der Waals surface area contributed by atoms with Crippen molar-refractivity contribution in [1.82, 2.24) is 10.2 Å². The van der Waals surface area contributed by atoms with Crippen molar-refractivity contribution in [3.8, 4) is 0 Å². The highest BCUT2D eigenvalue weighted by molar-refractivity contribution is 4.82. The molecule has 0 unspecified atom stereocenters. The summed E-state index contributed by atoms with van der Waals surface area (Å²) in [5.41, 5.74) is 0.685. The van der Waals surface area contributed by atoms with Crippen LogP contribution in [0, 0.1) is 5.41 Å². The number of hydrogen-bond donors (Lipinski definition) is 1. The van der Waals surface area contributed by atoms with Crippen molar-refractivity contribution in [1.29, 1.82) is 0 Å². The number of rotatable bonds is 3. The zero-order chi connectivity index (χ0) is 9.86. The van der Waals surface area contributed by atoms with E-state index < -0.39 is 0 Å². The number of hydrogen-bond acceptors (Lipinski definition) is 2. The van der Waals surface area contributed by atoms with Gasteiger partial charge in [0, 0.05) is 26.2 Å². The molecule has 0 aromatic rings. The van der Waals surface area contributed by atoms with E-state index in [2.05, 4.69) is 17.1 Å². The first kappa shape index (κ1) is 10.4. The van der Waals surface area contributed by atoms with Crippen LogP contribution >= 0.6 is 0 Å². The van der Waals surface area contributed by atoms with Crippen LogP contribution in [-0.4, -0.2) is 37.6 Å². The third-order valence-corrected chi connectivity index (χ3v) is 4.05. The summed E-state index contributed by atoms with van der Waals surface area (Å²) in [7, 11) is 0. The smallest absolute Gasteiger partial charge is 0.0107 e. The molecular formula is C12H24N2. The second-order valence-electron chi connectivity index (χ2n) is 5.36. The number of nitrogens with zero attached hydrogens (tertiary/aromatic N) is 1. The Labute approximate surface area is 88.1 Å². The Hall–Kier alpha value is -0.0800. The maximum Gasteiger partial charge on any atom is 0.0107 e. The molecule has 0 bridgehead atoms. The van der Waals surface area contributed by atoms with Crippen molar-refractivity contribution < 1.29 is 0 Å². The van der Waals surface area contributed by atoms with E-state index in [-0.39, 0.29) is 0 Å². The molecule has 0 radical (unpaired) electrons. The highest BCUT2D eigenvalue weighted by Crippen LogP contribution is 2.40. The summed E-state index contributed by atoms with van der Waals surface area (Å²) < 4.78 is 0. The highest BCUT2D eigenvalue weighted by Gasteiger charge is 2.28. The molecule has 2 fully saturated rings. The van der Waals surface area contributed by atoms with Gasteiger partial charge in [-0.15, -0.1) is 0 Å². The van der Waals surface area contributed by atoms with Gasteiger partial charge in [0.1, 0.15) is 0 Å². The lowest BCUT2D eigenvalue weighted by atomic mass is 9.85. The van der Waals surface area contributed by atoms with Gasteiger partial charge in [-0.3, -0.25) is 0 Å². The largest absolute Gasteiger partial charge is 0.314 e. The van der Waals surface area contributed by atoms with Gasteiger partial charge >= 0.3 is 0 Å². The minimum Gasteiger partial charge on any atom is -0.314 e. The molecule has 82 valence electrons. The van der Waals surface area contributed by atoms with Gasteiger partial charge in [0.2, 0.25) is 0 Å². The van der Waals surface area contributed by atoms with Gasteiger partial charge in [-0.1, -0.05) is 19.8 Å². The van der Waals surface area contributed by atoms with Crippen LogP contribution in [0.25, 0.3) is 0 Å². The van der Waals surface area contributed by atoms with Crippen LogP contribution in [0.5, 0.6) is 0 Å². The summed E-state index contributed by atoms with van der Waals surface area (Å²) in [6, 6.07) is 0. The predicted molar refractivity (Wildman–Crippen MR) is 60.5 cm³/mol. The monoisotopic (exact) mass is 196 g/mol. The molecule has 1 aliphatic carbocycles. The minimum atomic E-state index is 0.685. The van der Waals surface area contributed by atoms with Crippen molar-refractivity contribution in [2.45, 2.75) is 39.0 Å². The molecule has 0 atom stereocenters. The number of piperazine rings is 1. The SMILES string of the molecule is CC1(CCN2CCNCC2)CCCC1. The van der Waals surface area contributed by atoms with E-state index in [0.717, 1.165) is 0 Å². The molecule has 2 rings (SSSR count). The maximum atomic E-state index is 3.41. The van der Waals surface area contributed by atoms with Crippen LogP contribution in [0.15, 0.2) is 0 Å². The van der Waals surface area contributed by atoms with Gasteiger partial charge < -0.3 is 10.2 Å². The van der Waals surface area contributed by atoms with Crippen molar-refractivity contribution in [2.75, 3.05) is 32.7 Å². The fourth-order valence-corrected chi connectivity index (χ4v) is 2.84. The Morgan fingerprint density at radius 1 is 1.14 bits per heavy atom. The normalized spacial score (nSPS) is 28.1. The van der Waals surface area contributed by atoms with Crippen molar-refractivity contribution in [3.63, 3.8) is 0 Å². The third-order valence-electron chi connectivity index (χ3n) is 4.05. The zero-order valence-electron chi connectivity index (χ0n) is 9.52. The Bertz CT molecular complexity index is 167. The van der Waals surface area contributed by atoms with E-state index >= 15 is 0 Å². The first-order chi connectivity index (χ1) is 6.79. The van der Waals surface area contributed by atoms with E-state index in [9.17, 15) is 0 Å². The second kappa shape index (κ2) is 4.63. The van der Waals surface area contributed by atoms with Crippen molar-refractivity contribution in [3.05, 3.63) is 0 Å². The molecule has 1 saturated carbocycles. The molecule has 2 heteroatoms. The van der Waals surface area contributed by atoms with Gasteiger partial charge in [0.25, 0.3) is 0 Å². The van der Waals surface area contributed by atoms with E-state index in [0.29, 0.717) is 5.41 Å². The molecule has 1 N–H and O–H groups in total.